The zero-order chi connectivity index (χ0) is 14.8. The van der Waals surface area contributed by atoms with Crippen LogP contribution in [-0.4, -0.2) is 43.9 Å². The summed E-state index contributed by atoms with van der Waals surface area (Å²) in [6.07, 6.45) is 0.743. The van der Waals surface area contributed by atoms with E-state index in [4.69, 9.17) is 16.3 Å². The molecular formula is C14H20ClNO3S. The summed E-state index contributed by atoms with van der Waals surface area (Å²) in [6.45, 7) is 5.00. The number of ether oxygens (including phenoxy) is 1. The van der Waals surface area contributed by atoms with Crippen molar-refractivity contribution in [2.24, 2.45) is 0 Å². The Morgan fingerprint density at radius 2 is 1.95 bits per heavy atom. The quantitative estimate of drug-likeness (QED) is 0.800. The lowest BCUT2D eigenvalue weighted by Crippen LogP contribution is -2.50. The predicted octanol–water partition coefficient (Wildman–Crippen LogP) is 2.27. The van der Waals surface area contributed by atoms with Crippen molar-refractivity contribution < 1.29 is 13.2 Å². The molecule has 20 heavy (non-hydrogen) atoms. The maximum atomic E-state index is 12.6. The van der Waals surface area contributed by atoms with Crippen molar-refractivity contribution in [3.8, 4) is 0 Å². The number of morpholine rings is 1. The summed E-state index contributed by atoms with van der Waals surface area (Å²) in [6, 6.07) is 6.95. The largest absolute Gasteiger partial charge is 0.373 e. The van der Waals surface area contributed by atoms with Gasteiger partial charge in [0.2, 0.25) is 10.0 Å². The average molecular weight is 318 g/mol. The van der Waals surface area contributed by atoms with Crippen molar-refractivity contribution in [3.63, 3.8) is 0 Å². The number of rotatable bonds is 4. The van der Waals surface area contributed by atoms with Crippen molar-refractivity contribution >= 4 is 21.6 Å². The van der Waals surface area contributed by atoms with Crippen LogP contribution in [-0.2, 0) is 21.2 Å². The highest BCUT2D eigenvalue weighted by molar-refractivity contribution is 7.89. The molecule has 0 aromatic heterocycles. The van der Waals surface area contributed by atoms with Gasteiger partial charge in [0.15, 0.2) is 0 Å². The molecule has 0 bridgehead atoms. The van der Waals surface area contributed by atoms with Gasteiger partial charge in [0.05, 0.1) is 17.1 Å². The zero-order valence-corrected chi connectivity index (χ0v) is 13.4. The van der Waals surface area contributed by atoms with Gasteiger partial charge in [0.1, 0.15) is 0 Å². The van der Waals surface area contributed by atoms with Gasteiger partial charge in [0.25, 0.3) is 0 Å². The molecule has 0 radical (unpaired) electrons. The van der Waals surface area contributed by atoms with E-state index >= 15 is 0 Å². The molecule has 0 spiro atoms. The SMILES string of the molecule is CC1(C)CN(S(=O)(=O)c2ccc(CCCl)cc2)CCO1. The van der Waals surface area contributed by atoms with E-state index in [1.165, 1.54) is 4.31 Å². The molecule has 1 saturated heterocycles. The highest BCUT2D eigenvalue weighted by Crippen LogP contribution is 2.23. The van der Waals surface area contributed by atoms with Crippen LogP contribution in [0.1, 0.15) is 19.4 Å². The van der Waals surface area contributed by atoms with Crippen LogP contribution in [0.25, 0.3) is 0 Å². The third kappa shape index (κ3) is 3.52. The summed E-state index contributed by atoms with van der Waals surface area (Å²) in [7, 11) is -3.44. The maximum absolute atomic E-state index is 12.6. The number of sulfonamides is 1. The van der Waals surface area contributed by atoms with Crippen LogP contribution >= 0.6 is 11.6 Å². The summed E-state index contributed by atoms with van der Waals surface area (Å²) in [4.78, 5) is 0.327. The minimum Gasteiger partial charge on any atom is -0.373 e. The molecule has 1 heterocycles. The first kappa shape index (κ1) is 15.8. The topological polar surface area (TPSA) is 46.6 Å². The van der Waals surface area contributed by atoms with Gasteiger partial charge in [-0.2, -0.15) is 4.31 Å². The number of alkyl halides is 1. The minimum atomic E-state index is -3.44. The van der Waals surface area contributed by atoms with E-state index in [-0.39, 0.29) is 0 Å². The van der Waals surface area contributed by atoms with E-state index in [2.05, 4.69) is 0 Å². The first-order valence-corrected chi connectivity index (χ1v) is 8.62. The molecule has 1 aromatic carbocycles. The van der Waals surface area contributed by atoms with Crippen molar-refractivity contribution in [1.82, 2.24) is 4.31 Å². The molecule has 1 aliphatic rings. The van der Waals surface area contributed by atoms with Crippen LogP contribution in [0.3, 0.4) is 0 Å². The molecular weight excluding hydrogens is 298 g/mol. The summed E-state index contributed by atoms with van der Waals surface area (Å²) < 4.78 is 32.2. The second kappa shape index (κ2) is 6.02. The third-order valence-electron chi connectivity index (χ3n) is 3.33. The van der Waals surface area contributed by atoms with E-state index < -0.39 is 15.6 Å². The standard InChI is InChI=1S/C14H20ClNO3S/c1-14(2)11-16(9-10-19-14)20(17,18)13-5-3-12(4-6-13)7-8-15/h3-6H,7-11H2,1-2H3. The Balaban J connectivity index is 2.21. The molecule has 0 saturated carbocycles. The van der Waals surface area contributed by atoms with E-state index in [9.17, 15) is 8.42 Å². The van der Waals surface area contributed by atoms with Gasteiger partial charge in [-0.3, -0.25) is 0 Å². The lowest BCUT2D eigenvalue weighted by atomic mass is 10.1. The van der Waals surface area contributed by atoms with Gasteiger partial charge < -0.3 is 4.74 Å². The second-order valence-electron chi connectivity index (χ2n) is 5.53. The monoisotopic (exact) mass is 317 g/mol. The third-order valence-corrected chi connectivity index (χ3v) is 5.38. The Morgan fingerprint density at radius 1 is 1.30 bits per heavy atom. The zero-order valence-electron chi connectivity index (χ0n) is 11.8. The molecule has 1 fully saturated rings. The summed E-state index contributed by atoms with van der Waals surface area (Å²) in [5.41, 5.74) is 0.602. The summed E-state index contributed by atoms with van der Waals surface area (Å²) in [5, 5.41) is 0. The van der Waals surface area contributed by atoms with E-state index in [0.717, 1.165) is 12.0 Å². The molecule has 0 unspecified atom stereocenters. The number of aryl methyl sites for hydroxylation is 1. The molecule has 0 aliphatic carbocycles. The van der Waals surface area contributed by atoms with E-state index in [0.29, 0.717) is 30.5 Å². The van der Waals surface area contributed by atoms with Crippen LogP contribution < -0.4 is 0 Å². The Hall–Kier alpha value is -0.620. The van der Waals surface area contributed by atoms with Crippen LogP contribution in [0.4, 0.5) is 0 Å². The predicted molar refractivity (Wildman–Crippen MR) is 79.7 cm³/mol. The lowest BCUT2D eigenvalue weighted by molar-refractivity contribution is -0.0640. The fourth-order valence-corrected chi connectivity index (χ4v) is 4.06. The first-order chi connectivity index (χ1) is 9.35. The van der Waals surface area contributed by atoms with Gasteiger partial charge in [-0.15, -0.1) is 11.6 Å². The molecule has 6 heteroatoms. The summed E-state index contributed by atoms with van der Waals surface area (Å²) in [5.74, 6) is 0.531. The van der Waals surface area contributed by atoms with Gasteiger partial charge in [-0.05, 0) is 38.0 Å². The maximum Gasteiger partial charge on any atom is 0.243 e. The Labute approximate surface area is 125 Å². The molecule has 4 nitrogen and oxygen atoms in total. The van der Waals surface area contributed by atoms with E-state index in [1.54, 1.807) is 12.1 Å². The van der Waals surface area contributed by atoms with Crippen LogP contribution in [0.5, 0.6) is 0 Å². The van der Waals surface area contributed by atoms with Crippen molar-refractivity contribution in [1.29, 1.82) is 0 Å². The van der Waals surface area contributed by atoms with Crippen molar-refractivity contribution in [3.05, 3.63) is 29.8 Å². The molecule has 1 aromatic rings. The van der Waals surface area contributed by atoms with Crippen molar-refractivity contribution in [2.45, 2.75) is 30.8 Å². The normalized spacial score (nSPS) is 19.9. The second-order valence-corrected chi connectivity index (χ2v) is 7.85. The fraction of sp³-hybridized carbons (Fsp3) is 0.571. The lowest BCUT2D eigenvalue weighted by Gasteiger charge is -2.37. The van der Waals surface area contributed by atoms with Gasteiger partial charge >= 0.3 is 0 Å². The number of nitrogens with zero attached hydrogens (tertiary/aromatic N) is 1. The number of halogens is 1. The smallest absolute Gasteiger partial charge is 0.243 e. The van der Waals surface area contributed by atoms with Crippen molar-refractivity contribution in [2.75, 3.05) is 25.6 Å². The van der Waals surface area contributed by atoms with Crippen LogP contribution in [0, 0.1) is 0 Å². The fourth-order valence-electron chi connectivity index (χ4n) is 2.26. The van der Waals surface area contributed by atoms with Gasteiger partial charge in [0, 0.05) is 19.0 Å². The molecule has 0 N–H and O–H groups in total. The highest BCUT2D eigenvalue weighted by Gasteiger charge is 2.34. The number of benzene rings is 1. The number of hydrogen-bond donors (Lipinski definition) is 0. The Kier molecular flexibility index (Phi) is 4.74. The Morgan fingerprint density at radius 3 is 2.50 bits per heavy atom. The van der Waals surface area contributed by atoms with Crippen LogP contribution in [0.2, 0.25) is 0 Å². The highest BCUT2D eigenvalue weighted by atomic mass is 35.5. The number of hydrogen-bond acceptors (Lipinski definition) is 3. The molecule has 1 aliphatic heterocycles. The Bertz CT molecular complexity index is 554. The molecule has 2 rings (SSSR count). The average Bonchev–Trinajstić information content (AvgIpc) is 2.38. The minimum absolute atomic E-state index is 0.327. The molecule has 0 amide bonds. The van der Waals surface area contributed by atoms with Crippen LogP contribution in [0.15, 0.2) is 29.2 Å². The molecule has 0 atom stereocenters. The van der Waals surface area contributed by atoms with Gasteiger partial charge in [-0.1, -0.05) is 12.1 Å². The summed E-state index contributed by atoms with van der Waals surface area (Å²) >= 11 is 5.68. The van der Waals surface area contributed by atoms with Gasteiger partial charge in [-0.25, -0.2) is 8.42 Å². The van der Waals surface area contributed by atoms with E-state index in [1.807, 2.05) is 26.0 Å². The first-order valence-electron chi connectivity index (χ1n) is 6.64. The molecule has 112 valence electrons.